The summed E-state index contributed by atoms with van der Waals surface area (Å²) >= 11 is 0. The molecule has 0 fully saturated rings. The van der Waals surface area contributed by atoms with Crippen LogP contribution < -0.4 is 0 Å². The molecule has 0 N–H and O–H groups in total. The van der Waals surface area contributed by atoms with E-state index >= 15 is 0 Å². The highest BCUT2D eigenvalue weighted by Crippen LogP contribution is 2.26. The first kappa shape index (κ1) is 19.7. The van der Waals surface area contributed by atoms with Crippen LogP contribution in [0.5, 0.6) is 0 Å². The van der Waals surface area contributed by atoms with Crippen molar-refractivity contribution >= 4 is 0 Å². The topological polar surface area (TPSA) is 0 Å². The second-order valence-corrected chi connectivity index (χ2v) is 6.50. The molecule has 0 atom stereocenters. The minimum atomic E-state index is -1.58. The van der Waals surface area contributed by atoms with Crippen LogP contribution in [0.2, 0.25) is 0 Å². The Hall–Kier alpha value is -3.06. The molecule has 0 amide bonds. The third-order valence-electron chi connectivity index (χ3n) is 4.39. The molecule has 0 aliphatic rings. The predicted molar refractivity (Wildman–Crippen MR) is 103 cm³/mol. The molecule has 0 heterocycles. The van der Waals surface area contributed by atoms with Crippen molar-refractivity contribution in [1.29, 1.82) is 0 Å². The third-order valence-corrected chi connectivity index (χ3v) is 4.39. The number of unbranched alkanes of at least 4 members (excludes halogenated alkanes) is 1. The summed E-state index contributed by atoms with van der Waals surface area (Å²) in [5.74, 6) is 0.862. The van der Waals surface area contributed by atoms with Gasteiger partial charge in [-0.15, -0.1) is 0 Å². The average Bonchev–Trinajstić information content (AvgIpc) is 2.69. The van der Waals surface area contributed by atoms with Gasteiger partial charge in [0.1, 0.15) is 5.82 Å². The van der Waals surface area contributed by atoms with Gasteiger partial charge in [0, 0.05) is 16.7 Å². The largest absolute Gasteiger partial charge is 0.206 e. The molecule has 0 unspecified atom stereocenters. The third kappa shape index (κ3) is 4.61. The minimum Gasteiger partial charge on any atom is -0.206 e. The summed E-state index contributed by atoms with van der Waals surface area (Å²) in [7, 11) is 0. The van der Waals surface area contributed by atoms with E-state index in [9.17, 15) is 17.6 Å². The highest BCUT2D eigenvalue weighted by molar-refractivity contribution is 5.65. The van der Waals surface area contributed by atoms with Crippen molar-refractivity contribution in [1.82, 2.24) is 0 Å². The zero-order valence-electron chi connectivity index (χ0n) is 15.3. The molecule has 0 aromatic heterocycles. The van der Waals surface area contributed by atoms with Gasteiger partial charge in [0.25, 0.3) is 0 Å². The molecule has 0 saturated heterocycles. The van der Waals surface area contributed by atoms with E-state index in [0.717, 1.165) is 37.0 Å². The highest BCUT2D eigenvalue weighted by Gasteiger charge is 2.14. The summed E-state index contributed by atoms with van der Waals surface area (Å²) in [5.41, 5.74) is 2.40. The first-order valence-corrected chi connectivity index (χ1v) is 9.03. The normalized spacial score (nSPS) is 10.5. The fourth-order valence-corrected chi connectivity index (χ4v) is 2.82. The van der Waals surface area contributed by atoms with Crippen molar-refractivity contribution in [3.05, 3.63) is 94.6 Å². The molecule has 142 valence electrons. The Kier molecular flexibility index (Phi) is 6.16. The van der Waals surface area contributed by atoms with Crippen LogP contribution in [0.4, 0.5) is 17.6 Å². The van der Waals surface area contributed by atoms with Crippen molar-refractivity contribution < 1.29 is 17.6 Å². The molecule has 0 radical (unpaired) electrons. The molecular weight excluding hydrogens is 364 g/mol. The van der Waals surface area contributed by atoms with E-state index in [4.69, 9.17) is 0 Å². The van der Waals surface area contributed by atoms with Gasteiger partial charge in [-0.25, -0.2) is 17.6 Å². The maximum Gasteiger partial charge on any atom is 0.194 e. The van der Waals surface area contributed by atoms with Crippen LogP contribution in [0.25, 0.3) is 11.1 Å². The molecule has 3 aromatic carbocycles. The SMILES string of the molecule is CCCCc1ccc(C#Cc2ccc(-c3cc(F)c(F)c(F)c3)c(F)c2)cc1. The van der Waals surface area contributed by atoms with Crippen LogP contribution in [0, 0.1) is 35.1 Å². The van der Waals surface area contributed by atoms with Crippen LogP contribution >= 0.6 is 0 Å². The van der Waals surface area contributed by atoms with Crippen LogP contribution in [0.3, 0.4) is 0 Å². The van der Waals surface area contributed by atoms with Gasteiger partial charge in [-0.3, -0.25) is 0 Å². The Morgan fingerprint density at radius 3 is 1.93 bits per heavy atom. The zero-order valence-corrected chi connectivity index (χ0v) is 15.3. The van der Waals surface area contributed by atoms with Crippen molar-refractivity contribution in [3.8, 4) is 23.0 Å². The van der Waals surface area contributed by atoms with Crippen LogP contribution in [0.15, 0.2) is 54.6 Å². The Morgan fingerprint density at radius 1 is 0.714 bits per heavy atom. The Balaban J connectivity index is 1.81. The molecule has 0 bridgehead atoms. The highest BCUT2D eigenvalue weighted by atomic mass is 19.2. The number of rotatable bonds is 4. The standard InChI is InChI=1S/C24H18F4/c1-2-3-4-16-5-7-17(8-6-16)9-10-18-11-12-20(21(25)13-18)19-14-22(26)24(28)23(27)15-19/h5-8,11-15H,2-4H2,1H3. The summed E-state index contributed by atoms with van der Waals surface area (Å²) in [6.07, 6.45) is 3.31. The molecule has 0 spiro atoms. The van der Waals surface area contributed by atoms with Gasteiger partial charge >= 0.3 is 0 Å². The summed E-state index contributed by atoms with van der Waals surface area (Å²) in [5, 5.41) is 0. The summed E-state index contributed by atoms with van der Waals surface area (Å²) < 4.78 is 54.2. The van der Waals surface area contributed by atoms with Crippen molar-refractivity contribution in [2.75, 3.05) is 0 Å². The van der Waals surface area contributed by atoms with Crippen LogP contribution in [-0.4, -0.2) is 0 Å². The quantitative estimate of drug-likeness (QED) is 0.269. The molecule has 0 aliphatic heterocycles. The van der Waals surface area contributed by atoms with Gasteiger partial charge in [-0.1, -0.05) is 43.4 Å². The summed E-state index contributed by atoms with van der Waals surface area (Å²) in [6, 6.07) is 13.6. The minimum absolute atomic E-state index is 0.0244. The Morgan fingerprint density at radius 2 is 1.32 bits per heavy atom. The van der Waals surface area contributed by atoms with E-state index in [1.807, 2.05) is 24.3 Å². The number of aryl methyl sites for hydroxylation is 1. The fraction of sp³-hybridized carbons (Fsp3) is 0.167. The van der Waals surface area contributed by atoms with Crippen LogP contribution in [0.1, 0.15) is 36.5 Å². The van der Waals surface area contributed by atoms with E-state index in [0.29, 0.717) is 5.56 Å². The fourth-order valence-electron chi connectivity index (χ4n) is 2.82. The lowest BCUT2D eigenvalue weighted by Crippen LogP contribution is -1.94. The number of benzene rings is 3. The summed E-state index contributed by atoms with van der Waals surface area (Å²) in [6.45, 7) is 2.15. The smallest absolute Gasteiger partial charge is 0.194 e. The van der Waals surface area contributed by atoms with Crippen molar-refractivity contribution in [3.63, 3.8) is 0 Å². The van der Waals surface area contributed by atoms with E-state index < -0.39 is 23.3 Å². The first-order chi connectivity index (χ1) is 13.5. The maximum atomic E-state index is 14.4. The molecule has 28 heavy (non-hydrogen) atoms. The molecule has 4 heteroatoms. The van der Waals surface area contributed by atoms with E-state index in [1.54, 1.807) is 6.07 Å². The van der Waals surface area contributed by atoms with Gasteiger partial charge < -0.3 is 0 Å². The second-order valence-electron chi connectivity index (χ2n) is 6.50. The zero-order chi connectivity index (χ0) is 20.1. The lowest BCUT2D eigenvalue weighted by Gasteiger charge is -2.05. The first-order valence-electron chi connectivity index (χ1n) is 9.03. The van der Waals surface area contributed by atoms with Gasteiger partial charge in [0.15, 0.2) is 17.5 Å². The van der Waals surface area contributed by atoms with Gasteiger partial charge in [-0.2, -0.15) is 0 Å². The Bertz CT molecular complexity index is 1020. The molecule has 3 rings (SSSR count). The molecular formula is C24H18F4. The average molecular weight is 382 g/mol. The monoisotopic (exact) mass is 382 g/mol. The van der Waals surface area contributed by atoms with Gasteiger partial charge in [0.2, 0.25) is 0 Å². The van der Waals surface area contributed by atoms with E-state index in [1.165, 1.54) is 17.7 Å². The van der Waals surface area contributed by atoms with E-state index in [2.05, 4.69) is 18.8 Å². The summed E-state index contributed by atoms with van der Waals surface area (Å²) in [4.78, 5) is 0. The molecule has 3 aromatic rings. The number of hydrogen-bond donors (Lipinski definition) is 0. The lowest BCUT2D eigenvalue weighted by atomic mass is 10.0. The van der Waals surface area contributed by atoms with Crippen molar-refractivity contribution in [2.45, 2.75) is 26.2 Å². The van der Waals surface area contributed by atoms with E-state index in [-0.39, 0.29) is 11.1 Å². The van der Waals surface area contributed by atoms with Gasteiger partial charge in [-0.05, 0) is 60.4 Å². The molecule has 0 nitrogen and oxygen atoms in total. The Labute approximate surface area is 161 Å². The van der Waals surface area contributed by atoms with Crippen LogP contribution in [-0.2, 0) is 6.42 Å². The maximum absolute atomic E-state index is 14.4. The number of hydrogen-bond acceptors (Lipinski definition) is 0. The van der Waals surface area contributed by atoms with Gasteiger partial charge in [0.05, 0.1) is 0 Å². The molecule has 0 saturated carbocycles. The van der Waals surface area contributed by atoms with Crippen molar-refractivity contribution in [2.24, 2.45) is 0 Å². The second kappa shape index (κ2) is 8.75. The predicted octanol–water partition coefficient (Wildman–Crippen LogP) is 6.65. The molecule has 0 aliphatic carbocycles. The lowest BCUT2D eigenvalue weighted by molar-refractivity contribution is 0.447. The number of halogens is 4.